The molecule has 1 N–H and O–H groups in total. The van der Waals surface area contributed by atoms with E-state index in [-0.39, 0.29) is 16.9 Å². The number of aromatic nitrogens is 4. The number of hydrogen-bond donors (Lipinski definition) is 1. The lowest BCUT2D eigenvalue weighted by Crippen LogP contribution is -2.39. The van der Waals surface area contributed by atoms with Gasteiger partial charge in [-0.1, -0.05) is 120 Å². The van der Waals surface area contributed by atoms with Gasteiger partial charge in [0.1, 0.15) is 0 Å². The molecule has 1 aliphatic heterocycles. The second-order valence-corrected chi connectivity index (χ2v) is 13.2. The van der Waals surface area contributed by atoms with E-state index in [9.17, 15) is 9.18 Å². The molecule has 3 heterocycles. The Hall–Kier alpha value is -5.17. The van der Waals surface area contributed by atoms with Crippen molar-refractivity contribution in [2.45, 2.75) is 28.7 Å². The molecule has 7 rings (SSSR count). The average Bonchev–Trinajstić information content (AvgIpc) is 3.94. The van der Waals surface area contributed by atoms with E-state index in [2.05, 4.69) is 51.9 Å². The summed E-state index contributed by atoms with van der Waals surface area (Å²) in [4.78, 5) is 25.5. The van der Waals surface area contributed by atoms with Gasteiger partial charge in [-0.25, -0.2) is 4.98 Å². The SMILES string of the molecule is O=C(Nc1ncc(F)s1)/C(=N/O[C@@H]1CCOC1)c1ccc(SCc2cnn(C(c3ccccc3)(c3ccccc3)c3ccccc3)n2)cc1. The second-order valence-electron chi connectivity index (χ2n) is 11.2. The molecule has 1 fully saturated rings. The van der Waals surface area contributed by atoms with Crippen LogP contribution in [0.5, 0.6) is 0 Å². The van der Waals surface area contributed by atoms with Gasteiger partial charge < -0.3 is 9.57 Å². The number of carbonyl (C=O) groups excluding carboxylic acids is 1. The number of rotatable bonds is 12. The molecule has 0 saturated carbocycles. The van der Waals surface area contributed by atoms with Gasteiger partial charge in [0, 0.05) is 22.6 Å². The van der Waals surface area contributed by atoms with Gasteiger partial charge in [-0.05, 0) is 28.8 Å². The Morgan fingerprint density at radius 3 is 2.12 bits per heavy atom. The number of nitrogens with one attached hydrogen (secondary N) is 1. The number of oxime groups is 1. The maximum atomic E-state index is 13.5. The number of benzene rings is 4. The quantitative estimate of drug-likeness (QED) is 0.0630. The van der Waals surface area contributed by atoms with Crippen LogP contribution in [0.15, 0.2) is 138 Å². The average molecular weight is 691 g/mol. The van der Waals surface area contributed by atoms with Crippen LogP contribution in [0, 0.1) is 5.13 Å². The van der Waals surface area contributed by atoms with Gasteiger partial charge in [0.15, 0.2) is 27.6 Å². The third-order valence-corrected chi connectivity index (χ3v) is 9.77. The number of thioether (sulfide) groups is 1. The monoisotopic (exact) mass is 690 g/mol. The molecule has 1 atom stereocenters. The highest BCUT2D eigenvalue weighted by Crippen LogP contribution is 2.40. The molecule has 1 aliphatic rings. The Kier molecular flexibility index (Phi) is 9.87. The number of hydrogen-bond acceptors (Lipinski definition) is 9. The summed E-state index contributed by atoms with van der Waals surface area (Å²) in [5.41, 5.74) is 3.76. The molecule has 6 aromatic rings. The third-order valence-electron chi connectivity index (χ3n) is 8.02. The highest BCUT2D eigenvalue weighted by molar-refractivity contribution is 7.98. The topological polar surface area (TPSA) is 104 Å². The number of nitrogens with zero attached hydrogens (tertiary/aromatic N) is 5. The molecule has 0 radical (unpaired) electrons. The first kappa shape index (κ1) is 32.4. The van der Waals surface area contributed by atoms with Crippen LogP contribution in [-0.4, -0.2) is 50.9 Å². The van der Waals surface area contributed by atoms with Crippen LogP contribution in [0.3, 0.4) is 0 Å². The van der Waals surface area contributed by atoms with Crippen LogP contribution < -0.4 is 5.32 Å². The summed E-state index contributed by atoms with van der Waals surface area (Å²) in [6.45, 7) is 0.977. The number of carbonyl (C=O) groups is 1. The van der Waals surface area contributed by atoms with E-state index in [4.69, 9.17) is 19.8 Å². The predicted octanol–water partition coefficient (Wildman–Crippen LogP) is 7.15. The predicted molar refractivity (Wildman–Crippen MR) is 188 cm³/mol. The molecule has 49 heavy (non-hydrogen) atoms. The minimum Gasteiger partial charge on any atom is -0.389 e. The fourth-order valence-corrected chi connectivity index (χ4v) is 7.00. The van der Waals surface area contributed by atoms with E-state index in [1.807, 2.05) is 77.7 Å². The fraction of sp³-hybridized carbons (Fsp3) is 0.162. The number of anilines is 1. The molecule has 0 unspecified atom stereocenters. The van der Waals surface area contributed by atoms with Crippen molar-refractivity contribution in [3.63, 3.8) is 0 Å². The van der Waals surface area contributed by atoms with Gasteiger partial charge in [-0.15, -0.1) is 11.8 Å². The maximum Gasteiger partial charge on any atom is 0.280 e. The van der Waals surface area contributed by atoms with Crippen LogP contribution in [0.25, 0.3) is 0 Å². The first-order valence-electron chi connectivity index (χ1n) is 15.7. The summed E-state index contributed by atoms with van der Waals surface area (Å²) in [6, 6.07) is 38.3. The molecule has 0 spiro atoms. The van der Waals surface area contributed by atoms with Crippen molar-refractivity contribution in [3.8, 4) is 0 Å². The van der Waals surface area contributed by atoms with Crippen molar-refractivity contribution in [2.75, 3.05) is 18.5 Å². The van der Waals surface area contributed by atoms with Gasteiger partial charge >= 0.3 is 0 Å². The summed E-state index contributed by atoms with van der Waals surface area (Å²) in [5.74, 6) is 0.0133. The normalized spacial score (nSPS) is 14.9. The zero-order chi connectivity index (χ0) is 33.5. The van der Waals surface area contributed by atoms with Crippen LogP contribution in [0.1, 0.15) is 34.4 Å². The highest BCUT2D eigenvalue weighted by Gasteiger charge is 2.40. The van der Waals surface area contributed by atoms with E-state index in [1.54, 1.807) is 23.9 Å². The number of amides is 1. The highest BCUT2D eigenvalue weighted by atomic mass is 32.2. The lowest BCUT2D eigenvalue weighted by molar-refractivity contribution is -0.110. The van der Waals surface area contributed by atoms with Gasteiger partial charge in [-0.3, -0.25) is 10.1 Å². The molecule has 0 aliphatic carbocycles. The Labute approximate surface area is 290 Å². The first-order valence-corrected chi connectivity index (χ1v) is 17.5. The largest absolute Gasteiger partial charge is 0.389 e. The summed E-state index contributed by atoms with van der Waals surface area (Å²) in [6.07, 6.45) is 3.30. The van der Waals surface area contributed by atoms with Crippen LogP contribution in [0.2, 0.25) is 0 Å². The molecule has 1 saturated heterocycles. The minimum absolute atomic E-state index is 0.0566. The van der Waals surface area contributed by atoms with E-state index < -0.39 is 16.6 Å². The lowest BCUT2D eigenvalue weighted by Gasteiger charge is -2.34. The fourth-order valence-electron chi connectivity index (χ4n) is 5.69. The summed E-state index contributed by atoms with van der Waals surface area (Å²) in [5, 5.41) is 16.3. The summed E-state index contributed by atoms with van der Waals surface area (Å²) < 4.78 is 18.9. The standard InChI is InChI=1S/C37H31FN6O3S2/c38-33-23-39-36(49-33)41-35(45)34(43-47-31-20-21-46-24-31)26-16-18-32(19-17-26)48-25-30-22-40-44(42-30)37(27-10-4-1-5-11-27,28-12-6-2-7-13-28)29-14-8-3-9-15-29/h1-19,22-23,31H,20-21,24-25H2,(H,39,41,45)/b43-34+/t31-/m1/s1. The number of halogens is 1. The van der Waals surface area contributed by atoms with Gasteiger partial charge in [-0.2, -0.15) is 19.4 Å². The number of ether oxygens (including phenoxy) is 1. The van der Waals surface area contributed by atoms with Gasteiger partial charge in [0.05, 0.1) is 31.3 Å². The lowest BCUT2D eigenvalue weighted by atomic mass is 9.77. The van der Waals surface area contributed by atoms with Crippen LogP contribution >= 0.6 is 23.1 Å². The summed E-state index contributed by atoms with van der Waals surface area (Å²) in [7, 11) is 0. The van der Waals surface area contributed by atoms with Crippen molar-refractivity contribution in [3.05, 3.63) is 161 Å². The van der Waals surface area contributed by atoms with Gasteiger partial charge in [0.2, 0.25) is 0 Å². The molecule has 2 aromatic heterocycles. The van der Waals surface area contributed by atoms with Crippen molar-refractivity contribution in [1.82, 2.24) is 20.0 Å². The molecule has 9 nitrogen and oxygen atoms in total. The molecular weight excluding hydrogens is 660 g/mol. The zero-order valence-corrected chi connectivity index (χ0v) is 27.8. The molecule has 12 heteroatoms. The van der Waals surface area contributed by atoms with E-state index in [0.717, 1.165) is 44.8 Å². The van der Waals surface area contributed by atoms with E-state index in [1.165, 1.54) is 0 Å². The Morgan fingerprint density at radius 1 is 0.939 bits per heavy atom. The molecule has 246 valence electrons. The second kappa shape index (κ2) is 14.9. The molecule has 4 aromatic carbocycles. The number of thiazole rings is 1. The van der Waals surface area contributed by atoms with E-state index >= 15 is 0 Å². The molecular formula is C37H31FN6O3S2. The maximum absolute atomic E-state index is 13.5. The van der Waals surface area contributed by atoms with Crippen molar-refractivity contribution < 1.29 is 18.8 Å². The van der Waals surface area contributed by atoms with Crippen LogP contribution in [-0.2, 0) is 25.7 Å². The van der Waals surface area contributed by atoms with Crippen molar-refractivity contribution >= 4 is 39.8 Å². The Balaban J connectivity index is 1.13. The Bertz CT molecular complexity index is 1920. The first-order chi connectivity index (χ1) is 24.1. The summed E-state index contributed by atoms with van der Waals surface area (Å²) >= 11 is 2.34. The Morgan fingerprint density at radius 2 is 1.57 bits per heavy atom. The minimum atomic E-state index is -0.790. The van der Waals surface area contributed by atoms with Gasteiger partial charge in [0.25, 0.3) is 5.91 Å². The molecule has 0 bridgehead atoms. The smallest absolute Gasteiger partial charge is 0.280 e. The van der Waals surface area contributed by atoms with Crippen molar-refractivity contribution in [1.29, 1.82) is 0 Å². The van der Waals surface area contributed by atoms with E-state index in [0.29, 0.717) is 31.0 Å². The third kappa shape index (κ3) is 7.16. The van der Waals surface area contributed by atoms with Crippen LogP contribution in [0.4, 0.5) is 9.52 Å². The zero-order valence-electron chi connectivity index (χ0n) is 26.2. The molecule has 1 amide bonds. The van der Waals surface area contributed by atoms with Crippen molar-refractivity contribution in [2.24, 2.45) is 5.16 Å².